The van der Waals surface area contributed by atoms with Gasteiger partial charge in [0.1, 0.15) is 6.54 Å². The second-order valence-corrected chi connectivity index (χ2v) is 5.71. The summed E-state index contributed by atoms with van der Waals surface area (Å²) in [6.45, 7) is -0.510. The number of piperidine rings is 1. The molecule has 0 aromatic rings. The Hall–Kier alpha value is -1.31. The normalized spacial score (nSPS) is 27.3. The molecule has 120 valence electrons. The third-order valence-corrected chi connectivity index (χ3v) is 4.12. The van der Waals surface area contributed by atoms with Gasteiger partial charge in [-0.1, -0.05) is 0 Å². The van der Waals surface area contributed by atoms with E-state index < -0.39 is 24.5 Å². The van der Waals surface area contributed by atoms with Gasteiger partial charge in [-0.05, 0) is 19.3 Å². The van der Waals surface area contributed by atoms with Gasteiger partial charge in [-0.3, -0.25) is 9.59 Å². The van der Waals surface area contributed by atoms with Crippen molar-refractivity contribution < 1.29 is 22.8 Å². The summed E-state index contributed by atoms with van der Waals surface area (Å²) in [5, 5.41) is 0. The lowest BCUT2D eigenvalue weighted by molar-refractivity contribution is -0.157. The molecule has 0 aliphatic carbocycles. The summed E-state index contributed by atoms with van der Waals surface area (Å²) in [6, 6.07) is -0.0574. The molecule has 8 heteroatoms. The number of alkyl halides is 3. The number of rotatable bonds is 3. The predicted molar refractivity (Wildman–Crippen MR) is 69.1 cm³/mol. The summed E-state index contributed by atoms with van der Waals surface area (Å²) < 4.78 is 37.1. The molecule has 2 fully saturated rings. The van der Waals surface area contributed by atoms with Crippen LogP contribution in [0.15, 0.2) is 0 Å². The van der Waals surface area contributed by atoms with Crippen LogP contribution >= 0.6 is 0 Å². The molecule has 2 saturated heterocycles. The number of halogens is 3. The van der Waals surface area contributed by atoms with Gasteiger partial charge in [0.05, 0.1) is 5.92 Å². The summed E-state index contributed by atoms with van der Waals surface area (Å²) in [4.78, 5) is 26.4. The molecule has 2 aliphatic heterocycles. The van der Waals surface area contributed by atoms with Crippen molar-refractivity contribution in [3.8, 4) is 0 Å². The number of carbonyl (C=O) groups is 2. The maximum atomic E-state index is 12.4. The molecule has 2 heterocycles. The number of amides is 2. The minimum atomic E-state index is -4.43. The molecule has 0 bridgehead atoms. The van der Waals surface area contributed by atoms with E-state index in [1.807, 2.05) is 0 Å². The van der Waals surface area contributed by atoms with Gasteiger partial charge >= 0.3 is 6.18 Å². The van der Waals surface area contributed by atoms with Crippen LogP contribution in [0, 0.1) is 5.92 Å². The fraction of sp³-hybridized carbons (Fsp3) is 0.846. The molecule has 0 saturated carbocycles. The highest BCUT2D eigenvalue weighted by Gasteiger charge is 2.42. The largest absolute Gasteiger partial charge is 0.406 e. The van der Waals surface area contributed by atoms with Crippen molar-refractivity contribution in [1.29, 1.82) is 0 Å². The molecule has 2 amide bonds. The number of nitrogens with two attached hydrogens (primary N) is 1. The molecule has 0 spiro atoms. The van der Waals surface area contributed by atoms with Crippen molar-refractivity contribution in [2.24, 2.45) is 11.7 Å². The topological polar surface area (TPSA) is 66.6 Å². The molecule has 0 aromatic heterocycles. The molecule has 5 nitrogen and oxygen atoms in total. The maximum Gasteiger partial charge on any atom is 0.406 e. The van der Waals surface area contributed by atoms with E-state index in [9.17, 15) is 22.8 Å². The van der Waals surface area contributed by atoms with Crippen LogP contribution in [0.2, 0.25) is 0 Å². The molecular weight excluding hydrogens is 287 g/mol. The van der Waals surface area contributed by atoms with Gasteiger partial charge in [-0.2, -0.15) is 13.2 Å². The Morgan fingerprint density at radius 3 is 2.67 bits per heavy atom. The van der Waals surface area contributed by atoms with Gasteiger partial charge in [0.2, 0.25) is 11.8 Å². The van der Waals surface area contributed by atoms with Crippen LogP contribution in [0.25, 0.3) is 0 Å². The average molecular weight is 307 g/mol. The maximum absolute atomic E-state index is 12.4. The number of likely N-dealkylation sites (tertiary alicyclic amines) is 2. The van der Waals surface area contributed by atoms with Gasteiger partial charge < -0.3 is 15.5 Å². The standard InChI is InChI=1S/C13H20F3N3O2/c14-13(15,16)8-18-7-9(5-11(18)20)12(21)19-4-2-1-3-10(19)6-17/h9-10H,1-8,17H2/t9-,10-/m0/s1. The first-order valence-electron chi connectivity index (χ1n) is 7.17. The van der Waals surface area contributed by atoms with Crippen LogP contribution < -0.4 is 5.73 Å². The zero-order valence-electron chi connectivity index (χ0n) is 11.7. The second kappa shape index (κ2) is 6.21. The van der Waals surface area contributed by atoms with E-state index in [0.29, 0.717) is 13.1 Å². The van der Waals surface area contributed by atoms with E-state index in [1.165, 1.54) is 0 Å². The van der Waals surface area contributed by atoms with E-state index in [0.717, 1.165) is 24.2 Å². The Balaban J connectivity index is 1.99. The highest BCUT2D eigenvalue weighted by molar-refractivity contribution is 5.89. The molecule has 2 rings (SSSR count). The van der Waals surface area contributed by atoms with E-state index in [4.69, 9.17) is 5.73 Å². The fourth-order valence-corrected chi connectivity index (χ4v) is 3.08. The smallest absolute Gasteiger partial charge is 0.338 e. The molecular formula is C13H20F3N3O2. The Labute approximate surface area is 121 Å². The van der Waals surface area contributed by atoms with Gasteiger partial charge in [0.25, 0.3) is 0 Å². The van der Waals surface area contributed by atoms with Crippen LogP contribution in [0.5, 0.6) is 0 Å². The number of hydrogen-bond donors (Lipinski definition) is 1. The lowest BCUT2D eigenvalue weighted by Gasteiger charge is -2.36. The molecule has 2 atom stereocenters. The Morgan fingerprint density at radius 1 is 1.33 bits per heavy atom. The van der Waals surface area contributed by atoms with Crippen LogP contribution in [0.3, 0.4) is 0 Å². The molecule has 0 radical (unpaired) electrons. The Kier molecular flexibility index (Phi) is 4.75. The summed E-state index contributed by atoms with van der Waals surface area (Å²) in [6.07, 6.45) is -1.89. The van der Waals surface area contributed by atoms with E-state index >= 15 is 0 Å². The zero-order valence-corrected chi connectivity index (χ0v) is 11.7. The van der Waals surface area contributed by atoms with E-state index in [2.05, 4.69) is 0 Å². The highest BCUT2D eigenvalue weighted by atomic mass is 19.4. The fourth-order valence-electron chi connectivity index (χ4n) is 3.08. The summed E-state index contributed by atoms with van der Waals surface area (Å²) >= 11 is 0. The lowest BCUT2D eigenvalue weighted by Crippen LogP contribution is -2.50. The van der Waals surface area contributed by atoms with Gasteiger partial charge in [0, 0.05) is 32.1 Å². The average Bonchev–Trinajstić information content (AvgIpc) is 2.77. The SMILES string of the molecule is NC[C@@H]1CCCCN1C(=O)[C@H]1CC(=O)N(CC(F)(F)F)C1. The first kappa shape index (κ1) is 16.1. The Morgan fingerprint density at radius 2 is 2.05 bits per heavy atom. The van der Waals surface area contributed by atoms with Crippen molar-refractivity contribution in [1.82, 2.24) is 9.80 Å². The van der Waals surface area contributed by atoms with Gasteiger partial charge in [-0.25, -0.2) is 0 Å². The third-order valence-electron chi connectivity index (χ3n) is 4.12. The first-order chi connectivity index (χ1) is 9.81. The van der Waals surface area contributed by atoms with E-state index in [1.54, 1.807) is 4.90 Å². The molecule has 0 unspecified atom stereocenters. The van der Waals surface area contributed by atoms with Crippen molar-refractivity contribution in [3.05, 3.63) is 0 Å². The first-order valence-corrected chi connectivity index (χ1v) is 7.17. The Bertz CT molecular complexity index is 414. The van der Waals surface area contributed by atoms with Gasteiger partial charge in [-0.15, -0.1) is 0 Å². The van der Waals surface area contributed by atoms with Crippen LogP contribution in [0.4, 0.5) is 13.2 Å². The second-order valence-electron chi connectivity index (χ2n) is 5.71. The van der Waals surface area contributed by atoms with Crippen molar-refractivity contribution in [2.45, 2.75) is 37.9 Å². The van der Waals surface area contributed by atoms with Crippen molar-refractivity contribution in [3.63, 3.8) is 0 Å². The molecule has 2 aliphatic rings. The summed E-state index contributed by atoms with van der Waals surface area (Å²) in [7, 11) is 0. The van der Waals surface area contributed by atoms with Crippen LogP contribution in [-0.4, -0.2) is 60.0 Å². The highest BCUT2D eigenvalue weighted by Crippen LogP contribution is 2.27. The van der Waals surface area contributed by atoms with Gasteiger partial charge in [0.15, 0.2) is 0 Å². The number of nitrogens with zero attached hydrogens (tertiary/aromatic N) is 2. The van der Waals surface area contributed by atoms with Crippen molar-refractivity contribution in [2.75, 3.05) is 26.2 Å². The number of hydrogen-bond acceptors (Lipinski definition) is 3. The van der Waals surface area contributed by atoms with Crippen LogP contribution in [0.1, 0.15) is 25.7 Å². The monoisotopic (exact) mass is 307 g/mol. The minimum absolute atomic E-state index is 0.0574. The van der Waals surface area contributed by atoms with Crippen LogP contribution in [-0.2, 0) is 9.59 Å². The van der Waals surface area contributed by atoms with E-state index in [-0.39, 0.29) is 24.9 Å². The zero-order chi connectivity index (χ0) is 15.6. The number of carbonyl (C=O) groups excluding carboxylic acids is 2. The quantitative estimate of drug-likeness (QED) is 0.836. The summed E-state index contributed by atoms with van der Waals surface area (Å²) in [5.41, 5.74) is 5.65. The lowest BCUT2D eigenvalue weighted by atomic mass is 9.98. The molecule has 21 heavy (non-hydrogen) atoms. The van der Waals surface area contributed by atoms with Crippen molar-refractivity contribution >= 4 is 11.8 Å². The summed E-state index contributed by atoms with van der Waals surface area (Å²) in [5.74, 6) is -1.51. The minimum Gasteiger partial charge on any atom is -0.338 e. The third kappa shape index (κ3) is 3.87. The molecule has 2 N–H and O–H groups in total. The predicted octanol–water partition coefficient (Wildman–Crippen LogP) is 0.737. The molecule has 0 aromatic carbocycles.